The molecule has 2 heterocycles. The van der Waals surface area contributed by atoms with Gasteiger partial charge in [0.2, 0.25) is 5.91 Å². The number of carbonyl (C=O) groups excluding carboxylic acids is 1. The van der Waals surface area contributed by atoms with Gasteiger partial charge in [-0.15, -0.1) is 0 Å². The molecule has 6 N–H and O–H groups in total. The fraction of sp³-hybridized carbons (Fsp3) is 0.405. The smallest absolute Gasteiger partial charge is 0.228 e. The van der Waals surface area contributed by atoms with E-state index >= 15 is 0 Å². The first-order chi connectivity index (χ1) is 21.7. The number of hydrogen-bond acceptors (Lipinski definition) is 7. The molecule has 5 rings (SSSR count). The summed E-state index contributed by atoms with van der Waals surface area (Å²) in [5, 5.41) is 6.15. The molecule has 8 heteroatoms. The van der Waals surface area contributed by atoms with Crippen LogP contribution in [0.25, 0.3) is 5.57 Å². The average Bonchev–Trinajstić information content (AvgIpc) is 3.75. The molecule has 3 aliphatic rings. The number of rotatable bonds is 13. The summed E-state index contributed by atoms with van der Waals surface area (Å²) in [6.07, 6.45) is 16.6. The van der Waals surface area contributed by atoms with Gasteiger partial charge in [-0.3, -0.25) is 14.7 Å². The van der Waals surface area contributed by atoms with E-state index in [1.807, 2.05) is 12.1 Å². The van der Waals surface area contributed by atoms with Crippen molar-refractivity contribution in [3.8, 4) is 5.75 Å². The number of likely N-dealkylation sites (tertiary alicyclic amines) is 1. The lowest BCUT2D eigenvalue weighted by molar-refractivity contribution is -0.121. The number of benzene rings is 1. The first-order valence-corrected chi connectivity index (χ1v) is 16.2. The summed E-state index contributed by atoms with van der Waals surface area (Å²) in [6, 6.07) is 10.5. The monoisotopic (exact) mass is 608 g/mol. The summed E-state index contributed by atoms with van der Waals surface area (Å²) < 4.78 is 5.96. The van der Waals surface area contributed by atoms with Gasteiger partial charge in [-0.2, -0.15) is 0 Å². The van der Waals surface area contributed by atoms with Gasteiger partial charge in [0.25, 0.3) is 0 Å². The number of para-hydroxylation sites is 1. The van der Waals surface area contributed by atoms with Gasteiger partial charge in [-0.25, -0.2) is 0 Å². The second kappa shape index (κ2) is 14.7. The summed E-state index contributed by atoms with van der Waals surface area (Å²) in [7, 11) is 1.67. The van der Waals surface area contributed by atoms with Crippen LogP contribution in [0, 0.1) is 11.8 Å². The standard InChI is InChI=1S/C37H48N6O2/c1-5-6-9-26(15-14-24(2)29-21-43(22-29)23-30-19-18-27-10-7-12-32(27)40-30)31-11-8-13-33(36(31)45-4)41-34(25(3)38)20-35(39)42-37(44)28-16-17-28/h6,8-9,11,13-15,18-20,28-29,41H,5,7,10,12,16-17,21-23,38-39H2,1-4H3,(H,42,44)/b9-6+,24-14+,26-15+,34-25+,35-20+. The predicted molar refractivity (Wildman–Crippen MR) is 183 cm³/mol. The van der Waals surface area contributed by atoms with Crippen LogP contribution in [0.15, 0.2) is 83.5 Å². The second-order valence-electron chi connectivity index (χ2n) is 12.5. The summed E-state index contributed by atoms with van der Waals surface area (Å²) in [6.45, 7) is 9.15. The van der Waals surface area contributed by atoms with Crippen molar-refractivity contribution in [2.45, 2.75) is 65.8 Å². The van der Waals surface area contributed by atoms with Crippen molar-refractivity contribution in [2.75, 3.05) is 25.5 Å². The molecule has 1 saturated heterocycles. The Hall–Kier alpha value is -4.30. The molecule has 1 amide bonds. The number of nitrogens with zero attached hydrogens (tertiary/aromatic N) is 2. The molecule has 2 aliphatic carbocycles. The van der Waals surface area contributed by atoms with Crippen LogP contribution in [0.2, 0.25) is 0 Å². The third-order valence-electron chi connectivity index (χ3n) is 8.77. The minimum absolute atomic E-state index is 0.0520. The lowest BCUT2D eigenvalue weighted by Crippen LogP contribution is -2.46. The van der Waals surface area contributed by atoms with Crippen molar-refractivity contribution in [1.29, 1.82) is 0 Å². The third kappa shape index (κ3) is 8.25. The van der Waals surface area contributed by atoms with Crippen LogP contribution < -0.4 is 26.8 Å². The number of nitrogens with two attached hydrogens (primary N) is 2. The Morgan fingerprint density at radius 2 is 1.89 bits per heavy atom. The summed E-state index contributed by atoms with van der Waals surface area (Å²) in [4.78, 5) is 19.6. The van der Waals surface area contributed by atoms with Crippen molar-refractivity contribution in [2.24, 2.45) is 23.3 Å². The van der Waals surface area contributed by atoms with E-state index < -0.39 is 0 Å². The zero-order valence-corrected chi connectivity index (χ0v) is 27.2. The maximum atomic E-state index is 12.2. The fourth-order valence-corrected chi connectivity index (χ4v) is 5.86. The molecular formula is C37H48N6O2. The molecule has 238 valence electrons. The quantitative estimate of drug-likeness (QED) is 0.208. The molecule has 45 heavy (non-hydrogen) atoms. The van der Waals surface area contributed by atoms with E-state index in [9.17, 15) is 4.79 Å². The number of pyridine rings is 1. The number of aryl methyl sites for hydroxylation is 2. The Morgan fingerprint density at radius 1 is 1.09 bits per heavy atom. The molecular weight excluding hydrogens is 560 g/mol. The van der Waals surface area contributed by atoms with Gasteiger partial charge in [-0.1, -0.05) is 55.0 Å². The van der Waals surface area contributed by atoms with Crippen molar-refractivity contribution in [3.63, 3.8) is 0 Å². The number of nitrogens with one attached hydrogen (secondary N) is 2. The summed E-state index contributed by atoms with van der Waals surface area (Å²) in [5.41, 5.74) is 21.5. The Bertz CT molecular complexity index is 1550. The molecule has 2 aromatic rings. The number of carbonyl (C=O) groups is 1. The number of aromatic nitrogens is 1. The summed E-state index contributed by atoms with van der Waals surface area (Å²) >= 11 is 0. The van der Waals surface area contributed by atoms with E-state index in [2.05, 4.69) is 71.9 Å². The van der Waals surface area contributed by atoms with Crippen LogP contribution in [0.5, 0.6) is 5.75 Å². The Kier molecular flexibility index (Phi) is 10.5. The number of amides is 1. The van der Waals surface area contributed by atoms with Crippen molar-refractivity contribution < 1.29 is 9.53 Å². The SMILES string of the molecule is CC/C=C/C(=C\C=C(/C)C1CN(Cc2ccc3c(n2)CCC3)C1)c1cccc(NC(/C=C(\N)NC(=O)C2CC2)=C(\C)N)c1OC. The molecule has 1 aromatic carbocycles. The Morgan fingerprint density at radius 3 is 2.60 bits per heavy atom. The fourth-order valence-electron chi connectivity index (χ4n) is 5.86. The zero-order valence-electron chi connectivity index (χ0n) is 27.2. The van der Waals surface area contributed by atoms with Crippen LogP contribution in [0.4, 0.5) is 5.69 Å². The second-order valence-corrected chi connectivity index (χ2v) is 12.5. The van der Waals surface area contributed by atoms with E-state index in [1.54, 1.807) is 20.1 Å². The predicted octanol–water partition coefficient (Wildman–Crippen LogP) is 5.94. The highest BCUT2D eigenvalue weighted by molar-refractivity contribution is 5.84. The van der Waals surface area contributed by atoms with Gasteiger partial charge >= 0.3 is 0 Å². The molecule has 0 bridgehead atoms. The first-order valence-electron chi connectivity index (χ1n) is 16.2. The van der Waals surface area contributed by atoms with Crippen molar-refractivity contribution >= 4 is 17.2 Å². The van der Waals surface area contributed by atoms with Crippen LogP contribution >= 0.6 is 0 Å². The number of hydrogen-bond donors (Lipinski definition) is 4. The van der Waals surface area contributed by atoms with Crippen molar-refractivity contribution in [1.82, 2.24) is 15.2 Å². The molecule has 0 unspecified atom stereocenters. The number of methoxy groups -OCH3 is 1. The van der Waals surface area contributed by atoms with E-state index in [4.69, 9.17) is 21.2 Å². The Balaban J connectivity index is 1.30. The molecule has 0 radical (unpaired) electrons. The van der Waals surface area contributed by atoms with Crippen molar-refractivity contribution in [3.05, 3.63) is 106 Å². The highest BCUT2D eigenvalue weighted by atomic mass is 16.5. The highest BCUT2D eigenvalue weighted by Crippen LogP contribution is 2.36. The summed E-state index contributed by atoms with van der Waals surface area (Å²) in [5.74, 6) is 1.48. The maximum absolute atomic E-state index is 12.2. The molecule has 1 aliphatic heterocycles. The zero-order chi connectivity index (χ0) is 31.9. The van der Waals surface area contributed by atoms with E-state index in [-0.39, 0.29) is 17.6 Å². The van der Waals surface area contributed by atoms with Crippen LogP contribution in [-0.2, 0) is 24.2 Å². The normalized spacial score (nSPS) is 18.4. The molecule has 0 atom stereocenters. The number of allylic oxidation sites excluding steroid dienone is 7. The minimum Gasteiger partial charge on any atom is -0.494 e. The van der Waals surface area contributed by atoms with E-state index in [1.165, 1.54) is 35.4 Å². The minimum atomic E-state index is -0.0520. The van der Waals surface area contributed by atoms with Crippen LogP contribution in [0.1, 0.15) is 69.0 Å². The Labute approximate surface area is 268 Å². The number of fused-ring (bicyclic) bond motifs is 1. The highest BCUT2D eigenvalue weighted by Gasteiger charge is 2.30. The number of anilines is 1. The molecule has 2 fully saturated rings. The van der Waals surface area contributed by atoms with Gasteiger partial charge in [0.05, 0.1) is 24.2 Å². The average molecular weight is 609 g/mol. The molecule has 0 spiro atoms. The van der Waals surface area contributed by atoms with Crippen LogP contribution in [-0.4, -0.2) is 36.0 Å². The van der Waals surface area contributed by atoms with Gasteiger partial charge in [0, 0.05) is 54.5 Å². The molecule has 8 nitrogen and oxygen atoms in total. The topological polar surface area (TPSA) is 119 Å². The third-order valence-corrected chi connectivity index (χ3v) is 8.77. The van der Waals surface area contributed by atoms with Gasteiger partial charge in [0.15, 0.2) is 0 Å². The first kappa shape index (κ1) is 32.1. The van der Waals surface area contributed by atoms with Crippen LogP contribution in [0.3, 0.4) is 0 Å². The van der Waals surface area contributed by atoms with Gasteiger partial charge < -0.3 is 26.8 Å². The lowest BCUT2D eigenvalue weighted by atomic mass is 9.91. The maximum Gasteiger partial charge on any atom is 0.228 e. The largest absolute Gasteiger partial charge is 0.494 e. The lowest BCUT2D eigenvalue weighted by Gasteiger charge is -2.39. The number of ether oxygens (including phenoxy) is 1. The molecule has 1 aromatic heterocycles. The van der Waals surface area contributed by atoms with Gasteiger partial charge in [-0.05, 0) is 75.6 Å². The van der Waals surface area contributed by atoms with E-state index in [0.717, 1.165) is 62.1 Å². The molecule has 1 saturated carbocycles. The van der Waals surface area contributed by atoms with Gasteiger partial charge in [0.1, 0.15) is 11.6 Å². The van der Waals surface area contributed by atoms with E-state index in [0.29, 0.717) is 23.1 Å².